The first kappa shape index (κ1) is 18.1. The van der Waals surface area contributed by atoms with Crippen LogP contribution < -0.4 is 5.32 Å². The van der Waals surface area contributed by atoms with Crippen molar-refractivity contribution >= 4 is 11.6 Å². The zero-order valence-electron chi connectivity index (χ0n) is 14.7. The molecular formula is C19H23FN2O2. The summed E-state index contributed by atoms with van der Waals surface area (Å²) in [6.45, 7) is 8.58. The van der Waals surface area contributed by atoms with E-state index in [-0.39, 0.29) is 23.4 Å². The number of H-pyrrole nitrogens is 1. The van der Waals surface area contributed by atoms with Crippen molar-refractivity contribution in [2.45, 2.75) is 46.7 Å². The molecule has 2 aromatic rings. The van der Waals surface area contributed by atoms with E-state index in [1.165, 1.54) is 13.0 Å². The molecule has 0 radical (unpaired) electrons. The van der Waals surface area contributed by atoms with Gasteiger partial charge in [0.15, 0.2) is 11.6 Å². The molecule has 0 saturated carbocycles. The van der Waals surface area contributed by atoms with Gasteiger partial charge < -0.3 is 10.3 Å². The number of ketones is 2. The maximum absolute atomic E-state index is 13.9. The van der Waals surface area contributed by atoms with Gasteiger partial charge in [-0.05, 0) is 46.2 Å². The Morgan fingerprint density at radius 3 is 2.33 bits per heavy atom. The molecule has 4 nitrogen and oxygen atoms in total. The molecule has 2 rings (SSSR count). The van der Waals surface area contributed by atoms with Gasteiger partial charge >= 0.3 is 0 Å². The molecule has 1 aromatic heterocycles. The van der Waals surface area contributed by atoms with E-state index in [0.717, 1.165) is 0 Å². The number of halogens is 1. The van der Waals surface area contributed by atoms with Crippen molar-refractivity contribution in [1.29, 1.82) is 0 Å². The lowest BCUT2D eigenvalue weighted by molar-refractivity contribution is 0.0940. The van der Waals surface area contributed by atoms with Gasteiger partial charge in [-0.15, -0.1) is 0 Å². The highest BCUT2D eigenvalue weighted by molar-refractivity contribution is 6.05. The Morgan fingerprint density at radius 2 is 1.79 bits per heavy atom. The number of rotatable bonds is 6. The van der Waals surface area contributed by atoms with Crippen molar-refractivity contribution in [3.05, 3.63) is 58.2 Å². The van der Waals surface area contributed by atoms with Crippen LogP contribution >= 0.6 is 0 Å². The molecule has 0 aliphatic heterocycles. The van der Waals surface area contributed by atoms with Gasteiger partial charge in [0.1, 0.15) is 5.82 Å². The number of carbonyl (C=O) groups excluding carboxylic acids is 2. The maximum atomic E-state index is 13.9. The van der Waals surface area contributed by atoms with Crippen LogP contribution in [0.1, 0.15) is 64.5 Å². The van der Waals surface area contributed by atoms with Crippen LogP contribution in [0, 0.1) is 19.7 Å². The largest absolute Gasteiger partial charge is 0.355 e. The highest BCUT2D eigenvalue weighted by Crippen LogP contribution is 2.21. The van der Waals surface area contributed by atoms with Crippen LogP contribution in [-0.4, -0.2) is 22.6 Å². The number of carbonyl (C=O) groups is 2. The molecule has 0 aliphatic rings. The summed E-state index contributed by atoms with van der Waals surface area (Å²) in [5, 5.41) is 3.13. The van der Waals surface area contributed by atoms with Crippen LogP contribution in [0.15, 0.2) is 24.3 Å². The molecule has 128 valence electrons. The van der Waals surface area contributed by atoms with Gasteiger partial charge in [-0.25, -0.2) is 4.39 Å². The Balaban J connectivity index is 2.20. The van der Waals surface area contributed by atoms with Crippen molar-refractivity contribution in [2.75, 3.05) is 0 Å². The molecule has 0 unspecified atom stereocenters. The van der Waals surface area contributed by atoms with Crippen LogP contribution in [0.3, 0.4) is 0 Å². The Bertz CT molecular complexity index is 780. The molecule has 0 amide bonds. The second-order valence-corrected chi connectivity index (χ2v) is 6.18. The van der Waals surface area contributed by atoms with E-state index < -0.39 is 6.04 Å². The topological polar surface area (TPSA) is 62.0 Å². The van der Waals surface area contributed by atoms with Gasteiger partial charge in [0.2, 0.25) is 0 Å². The number of nitrogens with one attached hydrogen (secondary N) is 2. The van der Waals surface area contributed by atoms with E-state index in [0.29, 0.717) is 28.1 Å². The molecular weight excluding hydrogens is 307 g/mol. The van der Waals surface area contributed by atoms with Crippen LogP contribution in [0.2, 0.25) is 0 Å². The molecule has 0 aliphatic carbocycles. The summed E-state index contributed by atoms with van der Waals surface area (Å²) in [6, 6.07) is 5.67. The molecule has 0 bridgehead atoms. The summed E-state index contributed by atoms with van der Waals surface area (Å²) in [4.78, 5) is 27.4. The van der Waals surface area contributed by atoms with Gasteiger partial charge in [-0.1, -0.05) is 18.2 Å². The third-order valence-electron chi connectivity index (χ3n) is 4.30. The fraction of sp³-hybridized carbons (Fsp3) is 0.368. The molecule has 0 fully saturated rings. The normalized spacial score (nSPS) is 13.6. The molecule has 2 N–H and O–H groups in total. The first-order valence-electron chi connectivity index (χ1n) is 7.98. The lowest BCUT2D eigenvalue weighted by Gasteiger charge is -2.20. The van der Waals surface area contributed by atoms with Crippen LogP contribution in [-0.2, 0) is 0 Å². The first-order valence-corrected chi connectivity index (χ1v) is 7.98. The quantitative estimate of drug-likeness (QED) is 0.790. The summed E-state index contributed by atoms with van der Waals surface area (Å²) in [7, 11) is 0. The average molecular weight is 330 g/mol. The highest BCUT2D eigenvalue weighted by Gasteiger charge is 2.25. The second kappa shape index (κ2) is 7.09. The van der Waals surface area contributed by atoms with Crippen molar-refractivity contribution in [1.82, 2.24) is 10.3 Å². The van der Waals surface area contributed by atoms with Crippen molar-refractivity contribution < 1.29 is 14.0 Å². The molecule has 2 atom stereocenters. The molecule has 0 spiro atoms. The Labute approximate surface area is 141 Å². The van der Waals surface area contributed by atoms with E-state index >= 15 is 0 Å². The molecule has 1 heterocycles. The smallest absolute Gasteiger partial charge is 0.195 e. The number of hydrogen-bond donors (Lipinski definition) is 2. The summed E-state index contributed by atoms with van der Waals surface area (Å²) < 4.78 is 13.9. The SMILES string of the molecule is CC(=O)c1c(C)[nH]c(C(=O)[C@@H](C)N[C@@H](C)c2ccccc2F)c1C. The van der Waals surface area contributed by atoms with Crippen LogP contribution in [0.25, 0.3) is 0 Å². The van der Waals surface area contributed by atoms with Gasteiger partial charge in [0.25, 0.3) is 0 Å². The predicted octanol–water partition coefficient (Wildman–Crippen LogP) is 3.90. The minimum Gasteiger partial charge on any atom is -0.355 e. The average Bonchev–Trinajstić information content (AvgIpc) is 2.81. The Kier molecular flexibility index (Phi) is 5.34. The van der Waals surface area contributed by atoms with Crippen molar-refractivity contribution in [3.63, 3.8) is 0 Å². The van der Waals surface area contributed by atoms with Gasteiger partial charge in [0.05, 0.1) is 11.7 Å². The fourth-order valence-corrected chi connectivity index (χ4v) is 3.11. The molecule has 1 aromatic carbocycles. The fourth-order valence-electron chi connectivity index (χ4n) is 3.11. The molecule has 24 heavy (non-hydrogen) atoms. The minimum absolute atomic E-state index is 0.0689. The minimum atomic E-state index is -0.517. The predicted molar refractivity (Wildman–Crippen MR) is 92.0 cm³/mol. The van der Waals surface area contributed by atoms with Crippen LogP contribution in [0.5, 0.6) is 0 Å². The summed E-state index contributed by atoms with van der Waals surface area (Å²) in [5.74, 6) is -0.519. The summed E-state index contributed by atoms with van der Waals surface area (Å²) in [5.41, 5.74) is 2.86. The number of benzene rings is 1. The van der Waals surface area contributed by atoms with E-state index in [1.807, 2.05) is 6.92 Å². The zero-order valence-corrected chi connectivity index (χ0v) is 14.7. The van der Waals surface area contributed by atoms with E-state index in [1.54, 1.807) is 39.0 Å². The first-order chi connectivity index (χ1) is 11.2. The maximum Gasteiger partial charge on any atom is 0.195 e. The number of aryl methyl sites for hydroxylation is 1. The standard InChI is InChI=1S/C19H23FN2O2/c1-10-17(14(5)23)12(3)22-18(10)19(24)13(4)21-11(2)15-8-6-7-9-16(15)20/h6-9,11,13,21-22H,1-5H3/t11-,13+/m0/s1. The Morgan fingerprint density at radius 1 is 1.17 bits per heavy atom. The third-order valence-corrected chi connectivity index (χ3v) is 4.30. The molecule has 5 heteroatoms. The van der Waals surface area contributed by atoms with E-state index in [9.17, 15) is 14.0 Å². The summed E-state index contributed by atoms with van der Waals surface area (Å²) in [6.07, 6.45) is 0. The third kappa shape index (κ3) is 3.46. The monoisotopic (exact) mass is 330 g/mol. The van der Waals surface area contributed by atoms with Gasteiger partial charge in [-0.2, -0.15) is 0 Å². The van der Waals surface area contributed by atoms with Crippen molar-refractivity contribution in [3.8, 4) is 0 Å². The van der Waals surface area contributed by atoms with Gasteiger partial charge in [0, 0.05) is 22.9 Å². The summed E-state index contributed by atoms with van der Waals surface area (Å²) >= 11 is 0. The number of aromatic nitrogens is 1. The molecule has 0 saturated heterocycles. The van der Waals surface area contributed by atoms with Crippen molar-refractivity contribution in [2.24, 2.45) is 0 Å². The number of Topliss-reactive ketones (excluding diaryl/α,β-unsaturated/α-hetero) is 2. The van der Waals surface area contributed by atoms with Crippen LogP contribution in [0.4, 0.5) is 4.39 Å². The lowest BCUT2D eigenvalue weighted by atomic mass is 10.0. The number of aromatic amines is 1. The van der Waals surface area contributed by atoms with E-state index in [4.69, 9.17) is 0 Å². The highest BCUT2D eigenvalue weighted by atomic mass is 19.1. The lowest BCUT2D eigenvalue weighted by Crippen LogP contribution is -2.36. The Hall–Kier alpha value is -2.27. The zero-order chi connectivity index (χ0) is 18.0. The van der Waals surface area contributed by atoms with Gasteiger partial charge in [-0.3, -0.25) is 9.59 Å². The second-order valence-electron chi connectivity index (χ2n) is 6.18. The number of hydrogen-bond acceptors (Lipinski definition) is 3. The van der Waals surface area contributed by atoms with E-state index in [2.05, 4.69) is 10.3 Å².